The summed E-state index contributed by atoms with van der Waals surface area (Å²) in [4.78, 5) is 14.1. The molecule has 0 unspecified atom stereocenters. The van der Waals surface area contributed by atoms with E-state index in [1.54, 1.807) is 12.1 Å². The number of hydrogen-bond acceptors (Lipinski definition) is 2. The molecule has 0 fully saturated rings. The predicted molar refractivity (Wildman–Crippen MR) is 92.7 cm³/mol. The van der Waals surface area contributed by atoms with Crippen molar-refractivity contribution in [1.82, 2.24) is 5.32 Å². The van der Waals surface area contributed by atoms with Gasteiger partial charge in [0.1, 0.15) is 0 Å². The number of nitrogens with one attached hydrogen (secondary N) is 1. The minimum absolute atomic E-state index is 0.0510. The molecule has 0 radical (unpaired) electrons. The van der Waals surface area contributed by atoms with Crippen LogP contribution in [0.1, 0.15) is 18.5 Å². The Bertz CT molecular complexity index is 646. The second-order valence-electron chi connectivity index (χ2n) is 5.15. The standard InChI is InChI=1S/C17H18Cl2N2O/c1-12(13-8-9-15(18)16(19)10-13)20-17(22)11-21(2)14-6-4-3-5-7-14/h3-10,12H,11H2,1-2H3,(H,20,22)/t12-/m1/s1. The van der Waals surface area contributed by atoms with Gasteiger partial charge in [0.2, 0.25) is 5.91 Å². The van der Waals surface area contributed by atoms with Crippen LogP contribution in [0.25, 0.3) is 0 Å². The fourth-order valence-corrected chi connectivity index (χ4v) is 2.45. The van der Waals surface area contributed by atoms with Crippen LogP contribution in [0.4, 0.5) is 5.69 Å². The molecule has 0 aliphatic heterocycles. The van der Waals surface area contributed by atoms with Gasteiger partial charge < -0.3 is 10.2 Å². The summed E-state index contributed by atoms with van der Waals surface area (Å²) < 4.78 is 0. The molecule has 116 valence electrons. The van der Waals surface area contributed by atoms with Crippen molar-refractivity contribution >= 4 is 34.8 Å². The first-order chi connectivity index (χ1) is 10.5. The SMILES string of the molecule is C[C@@H](NC(=O)CN(C)c1ccccc1)c1ccc(Cl)c(Cl)c1. The van der Waals surface area contributed by atoms with Crippen LogP contribution < -0.4 is 10.2 Å². The van der Waals surface area contributed by atoms with Crippen molar-refractivity contribution in [2.24, 2.45) is 0 Å². The molecule has 1 atom stereocenters. The molecule has 0 aromatic heterocycles. The fraction of sp³-hybridized carbons (Fsp3) is 0.235. The van der Waals surface area contributed by atoms with E-state index < -0.39 is 0 Å². The van der Waals surface area contributed by atoms with Gasteiger partial charge in [-0.3, -0.25) is 4.79 Å². The molecule has 5 heteroatoms. The van der Waals surface area contributed by atoms with Gasteiger partial charge in [-0.15, -0.1) is 0 Å². The van der Waals surface area contributed by atoms with E-state index in [4.69, 9.17) is 23.2 Å². The molecule has 2 aromatic rings. The average molecular weight is 337 g/mol. The first kappa shape index (κ1) is 16.7. The molecule has 0 aliphatic rings. The van der Waals surface area contributed by atoms with Crippen LogP contribution >= 0.6 is 23.2 Å². The molecule has 1 amide bonds. The quantitative estimate of drug-likeness (QED) is 0.882. The van der Waals surface area contributed by atoms with Gasteiger partial charge in [-0.05, 0) is 36.8 Å². The second-order valence-corrected chi connectivity index (χ2v) is 5.97. The highest BCUT2D eigenvalue weighted by Gasteiger charge is 2.13. The first-order valence-corrected chi connectivity index (χ1v) is 7.73. The van der Waals surface area contributed by atoms with Crippen molar-refractivity contribution < 1.29 is 4.79 Å². The molecule has 0 aliphatic carbocycles. The fourth-order valence-electron chi connectivity index (χ4n) is 2.14. The third kappa shape index (κ3) is 4.39. The van der Waals surface area contributed by atoms with Gasteiger partial charge in [0.05, 0.1) is 22.6 Å². The summed E-state index contributed by atoms with van der Waals surface area (Å²) in [5.74, 6) is -0.0510. The van der Waals surface area contributed by atoms with E-state index in [2.05, 4.69) is 5.32 Å². The van der Waals surface area contributed by atoms with E-state index in [0.717, 1.165) is 11.3 Å². The molecule has 0 saturated heterocycles. The largest absolute Gasteiger partial charge is 0.365 e. The number of anilines is 1. The molecule has 0 spiro atoms. The van der Waals surface area contributed by atoms with Crippen molar-refractivity contribution in [3.05, 3.63) is 64.1 Å². The maximum absolute atomic E-state index is 12.2. The third-order valence-corrected chi connectivity index (χ3v) is 4.14. The van der Waals surface area contributed by atoms with Crippen LogP contribution in [-0.4, -0.2) is 19.5 Å². The number of hydrogen-bond donors (Lipinski definition) is 1. The van der Waals surface area contributed by atoms with Gasteiger partial charge in [0.25, 0.3) is 0 Å². The number of likely N-dealkylation sites (N-methyl/N-ethyl adjacent to an activating group) is 1. The highest BCUT2D eigenvalue weighted by molar-refractivity contribution is 6.42. The Kier molecular flexibility index (Phi) is 5.69. The summed E-state index contributed by atoms with van der Waals surface area (Å²) in [6, 6.07) is 15.0. The van der Waals surface area contributed by atoms with Crippen molar-refractivity contribution in [1.29, 1.82) is 0 Å². The highest BCUT2D eigenvalue weighted by atomic mass is 35.5. The number of carbonyl (C=O) groups is 1. The summed E-state index contributed by atoms with van der Waals surface area (Å²) in [6.45, 7) is 2.20. The lowest BCUT2D eigenvalue weighted by atomic mass is 10.1. The maximum Gasteiger partial charge on any atom is 0.239 e. The minimum Gasteiger partial charge on any atom is -0.365 e. The molecule has 2 aromatic carbocycles. The third-order valence-electron chi connectivity index (χ3n) is 3.40. The second kappa shape index (κ2) is 7.52. The Balaban J connectivity index is 1.95. The zero-order chi connectivity index (χ0) is 16.1. The van der Waals surface area contributed by atoms with E-state index in [1.807, 2.05) is 55.3 Å². The zero-order valence-electron chi connectivity index (χ0n) is 12.5. The summed E-state index contributed by atoms with van der Waals surface area (Å²) in [6.07, 6.45) is 0. The van der Waals surface area contributed by atoms with Gasteiger partial charge in [-0.2, -0.15) is 0 Å². The number of amides is 1. The average Bonchev–Trinajstić information content (AvgIpc) is 2.50. The predicted octanol–water partition coefficient (Wildman–Crippen LogP) is 4.31. The molecular formula is C17H18Cl2N2O. The van der Waals surface area contributed by atoms with E-state index >= 15 is 0 Å². The van der Waals surface area contributed by atoms with E-state index in [1.165, 1.54) is 0 Å². The van der Waals surface area contributed by atoms with Gasteiger partial charge >= 0.3 is 0 Å². The maximum atomic E-state index is 12.2. The van der Waals surface area contributed by atoms with Crippen molar-refractivity contribution in [2.45, 2.75) is 13.0 Å². The Labute approximate surface area is 140 Å². The molecular weight excluding hydrogens is 319 g/mol. The van der Waals surface area contributed by atoms with Crippen molar-refractivity contribution in [3.63, 3.8) is 0 Å². The Morgan fingerprint density at radius 1 is 1.14 bits per heavy atom. The normalized spacial score (nSPS) is 11.8. The lowest BCUT2D eigenvalue weighted by Crippen LogP contribution is -2.36. The monoisotopic (exact) mass is 336 g/mol. The Morgan fingerprint density at radius 2 is 1.82 bits per heavy atom. The topological polar surface area (TPSA) is 32.3 Å². The molecule has 0 bridgehead atoms. The van der Waals surface area contributed by atoms with Gasteiger partial charge in [0.15, 0.2) is 0 Å². The number of benzene rings is 2. The van der Waals surface area contributed by atoms with Gasteiger partial charge in [-0.25, -0.2) is 0 Å². The summed E-state index contributed by atoms with van der Waals surface area (Å²) in [5, 5.41) is 3.96. The molecule has 3 nitrogen and oxygen atoms in total. The molecule has 2 rings (SSSR count). The van der Waals surface area contributed by atoms with Crippen LogP contribution in [0.3, 0.4) is 0 Å². The number of halogens is 2. The number of para-hydroxylation sites is 1. The van der Waals surface area contributed by atoms with Gasteiger partial charge in [-0.1, -0.05) is 47.5 Å². The first-order valence-electron chi connectivity index (χ1n) is 6.98. The van der Waals surface area contributed by atoms with E-state index in [-0.39, 0.29) is 18.5 Å². The van der Waals surface area contributed by atoms with Crippen LogP contribution in [0.2, 0.25) is 10.0 Å². The van der Waals surface area contributed by atoms with Crippen LogP contribution in [0, 0.1) is 0 Å². The highest BCUT2D eigenvalue weighted by Crippen LogP contribution is 2.25. The summed E-state index contributed by atoms with van der Waals surface area (Å²) in [7, 11) is 1.89. The molecule has 0 saturated carbocycles. The number of nitrogens with zero attached hydrogens (tertiary/aromatic N) is 1. The molecule has 1 N–H and O–H groups in total. The molecule has 22 heavy (non-hydrogen) atoms. The Hall–Kier alpha value is -1.71. The minimum atomic E-state index is -0.133. The smallest absolute Gasteiger partial charge is 0.239 e. The number of rotatable bonds is 5. The lowest BCUT2D eigenvalue weighted by Gasteiger charge is -2.21. The van der Waals surface area contributed by atoms with E-state index in [9.17, 15) is 4.79 Å². The van der Waals surface area contributed by atoms with E-state index in [0.29, 0.717) is 10.0 Å². The summed E-state index contributed by atoms with van der Waals surface area (Å²) in [5.41, 5.74) is 1.92. The van der Waals surface area contributed by atoms with Crippen LogP contribution in [0.5, 0.6) is 0 Å². The summed E-state index contributed by atoms with van der Waals surface area (Å²) >= 11 is 11.9. The zero-order valence-corrected chi connectivity index (χ0v) is 14.0. The lowest BCUT2D eigenvalue weighted by molar-refractivity contribution is -0.120. The number of carbonyl (C=O) groups excluding carboxylic acids is 1. The van der Waals surface area contributed by atoms with Crippen molar-refractivity contribution in [2.75, 3.05) is 18.5 Å². The van der Waals surface area contributed by atoms with Gasteiger partial charge in [0, 0.05) is 12.7 Å². The Morgan fingerprint density at radius 3 is 2.45 bits per heavy atom. The molecule has 0 heterocycles. The van der Waals surface area contributed by atoms with Crippen LogP contribution in [0.15, 0.2) is 48.5 Å². The van der Waals surface area contributed by atoms with Crippen LogP contribution in [-0.2, 0) is 4.79 Å². The van der Waals surface area contributed by atoms with Crippen molar-refractivity contribution in [3.8, 4) is 0 Å².